The van der Waals surface area contributed by atoms with Crippen LogP contribution in [0.25, 0.3) is 0 Å². The number of ether oxygens (including phenoxy) is 6. The van der Waals surface area contributed by atoms with Gasteiger partial charge in [0.05, 0.1) is 25.7 Å². The number of esters is 1. The molecule has 0 aliphatic carbocycles. The maximum Gasteiger partial charge on any atom is 0.508 e. The third kappa shape index (κ3) is 13.2. The summed E-state index contributed by atoms with van der Waals surface area (Å²) in [6.07, 6.45) is -1.45. The molecule has 13 nitrogen and oxygen atoms in total. The van der Waals surface area contributed by atoms with Crippen molar-refractivity contribution >= 4 is 29.8 Å². The first-order chi connectivity index (χ1) is 16.8. The van der Waals surface area contributed by atoms with E-state index in [2.05, 4.69) is 18.9 Å². The SMILES string of the molecule is CC(=O)C1COC(=O)OC1.NCc1ccc(N)cc1.O=C1OCC(C(=O)OCCOCCO)CO1. The van der Waals surface area contributed by atoms with E-state index in [1.807, 2.05) is 24.3 Å². The number of benzene rings is 1. The van der Waals surface area contributed by atoms with Crippen molar-refractivity contribution in [2.45, 2.75) is 13.5 Å². The molecule has 1 aromatic carbocycles. The molecule has 0 bridgehead atoms. The summed E-state index contributed by atoms with van der Waals surface area (Å²) in [5.74, 6) is -1.33. The summed E-state index contributed by atoms with van der Waals surface area (Å²) in [4.78, 5) is 42.8. The quantitative estimate of drug-likeness (QED) is 0.192. The number of aliphatic hydroxyl groups excluding tert-OH is 1. The molecule has 0 amide bonds. The maximum absolute atomic E-state index is 11.3. The Bertz CT molecular complexity index is 781. The Morgan fingerprint density at radius 3 is 1.89 bits per heavy atom. The van der Waals surface area contributed by atoms with Gasteiger partial charge in [0.25, 0.3) is 0 Å². The number of anilines is 1. The van der Waals surface area contributed by atoms with E-state index in [9.17, 15) is 19.2 Å². The molecule has 3 rings (SSSR count). The fourth-order valence-corrected chi connectivity index (χ4v) is 2.36. The summed E-state index contributed by atoms with van der Waals surface area (Å²) < 4.78 is 27.7. The predicted molar refractivity (Wildman–Crippen MR) is 120 cm³/mol. The second kappa shape index (κ2) is 17.1. The highest BCUT2D eigenvalue weighted by molar-refractivity contribution is 5.79. The standard InChI is InChI=1S/C9H14O7.C7H10N2.C6H8O4/c10-1-2-13-3-4-14-8(11)7-5-15-9(12)16-6-7;8-5-6-1-3-7(9)4-2-6;1-4(7)5-2-9-6(8)10-3-5/h7,10H,1-6H2;1-4H,5,8-9H2;5H,2-3H2,1H3. The van der Waals surface area contributed by atoms with Gasteiger partial charge in [-0.3, -0.25) is 9.59 Å². The average molecular weight is 501 g/mol. The van der Waals surface area contributed by atoms with Crippen LogP contribution in [-0.2, 0) is 44.6 Å². The van der Waals surface area contributed by atoms with Gasteiger partial charge in [-0.15, -0.1) is 0 Å². The molecule has 13 heteroatoms. The molecule has 0 saturated carbocycles. The van der Waals surface area contributed by atoms with Crippen molar-refractivity contribution in [3.8, 4) is 0 Å². The van der Waals surface area contributed by atoms with Crippen molar-refractivity contribution in [3.63, 3.8) is 0 Å². The van der Waals surface area contributed by atoms with Crippen molar-refractivity contribution in [2.24, 2.45) is 17.6 Å². The van der Waals surface area contributed by atoms with Crippen LogP contribution in [0.1, 0.15) is 12.5 Å². The van der Waals surface area contributed by atoms with Crippen LogP contribution in [0.2, 0.25) is 0 Å². The van der Waals surface area contributed by atoms with Crippen LogP contribution in [0.5, 0.6) is 0 Å². The lowest BCUT2D eigenvalue weighted by Gasteiger charge is -2.20. The van der Waals surface area contributed by atoms with Gasteiger partial charge in [-0.2, -0.15) is 0 Å². The molecule has 2 heterocycles. The van der Waals surface area contributed by atoms with Crippen LogP contribution in [0.15, 0.2) is 24.3 Å². The van der Waals surface area contributed by atoms with Gasteiger partial charge in [-0.25, -0.2) is 9.59 Å². The zero-order valence-electron chi connectivity index (χ0n) is 19.5. The first kappa shape index (κ1) is 29.6. The minimum absolute atomic E-state index is 0.00694. The minimum Gasteiger partial charge on any atom is -0.463 e. The highest BCUT2D eigenvalue weighted by Gasteiger charge is 2.28. The summed E-state index contributed by atoms with van der Waals surface area (Å²) in [6, 6.07) is 7.55. The van der Waals surface area contributed by atoms with Crippen molar-refractivity contribution in [1.82, 2.24) is 0 Å². The summed E-state index contributed by atoms with van der Waals surface area (Å²) in [7, 11) is 0. The largest absolute Gasteiger partial charge is 0.508 e. The molecule has 2 aliphatic rings. The van der Waals surface area contributed by atoms with E-state index in [0.717, 1.165) is 11.3 Å². The summed E-state index contributed by atoms with van der Waals surface area (Å²) in [5.41, 5.74) is 12.7. The van der Waals surface area contributed by atoms with Crippen LogP contribution in [-0.4, -0.2) is 82.0 Å². The number of ketones is 1. The summed E-state index contributed by atoms with van der Waals surface area (Å²) in [5, 5.41) is 8.41. The number of nitrogen functional groups attached to an aromatic ring is 1. The molecular weight excluding hydrogens is 468 g/mol. The molecule has 0 aromatic heterocycles. The van der Waals surface area contributed by atoms with E-state index >= 15 is 0 Å². The molecule has 0 spiro atoms. The van der Waals surface area contributed by atoms with Gasteiger partial charge in [0, 0.05) is 12.2 Å². The molecule has 2 fully saturated rings. The van der Waals surface area contributed by atoms with Gasteiger partial charge >= 0.3 is 18.3 Å². The first-order valence-corrected chi connectivity index (χ1v) is 10.8. The van der Waals surface area contributed by atoms with Crippen LogP contribution in [0.3, 0.4) is 0 Å². The average Bonchev–Trinajstić information content (AvgIpc) is 2.86. The van der Waals surface area contributed by atoms with E-state index in [0.29, 0.717) is 6.54 Å². The van der Waals surface area contributed by atoms with Crippen LogP contribution < -0.4 is 11.5 Å². The van der Waals surface area contributed by atoms with Crippen LogP contribution >= 0.6 is 0 Å². The van der Waals surface area contributed by atoms with Gasteiger partial charge in [0.1, 0.15) is 44.7 Å². The molecule has 0 radical (unpaired) electrons. The number of carbonyl (C=O) groups is 4. The number of cyclic esters (lactones) is 4. The molecule has 2 aliphatic heterocycles. The fraction of sp³-hybridized carbons (Fsp3) is 0.545. The van der Waals surface area contributed by atoms with Crippen molar-refractivity contribution < 1.29 is 52.7 Å². The lowest BCUT2D eigenvalue weighted by Crippen LogP contribution is -2.34. The molecule has 2 saturated heterocycles. The number of carbonyl (C=O) groups excluding carboxylic acids is 4. The van der Waals surface area contributed by atoms with Gasteiger partial charge in [0.2, 0.25) is 0 Å². The third-order valence-corrected chi connectivity index (χ3v) is 4.44. The van der Waals surface area contributed by atoms with E-state index in [-0.39, 0.29) is 64.6 Å². The third-order valence-electron chi connectivity index (χ3n) is 4.44. The fourth-order valence-electron chi connectivity index (χ4n) is 2.36. The zero-order chi connectivity index (χ0) is 26.1. The van der Waals surface area contributed by atoms with E-state index in [1.54, 1.807) is 0 Å². The number of nitrogens with two attached hydrogens (primary N) is 2. The summed E-state index contributed by atoms with van der Waals surface area (Å²) >= 11 is 0. The topological polar surface area (TPSA) is 196 Å². The molecule has 5 N–H and O–H groups in total. The minimum atomic E-state index is -0.768. The van der Waals surface area contributed by atoms with E-state index in [4.69, 9.17) is 26.0 Å². The Morgan fingerprint density at radius 2 is 1.43 bits per heavy atom. The highest BCUT2D eigenvalue weighted by Crippen LogP contribution is 2.09. The Balaban J connectivity index is 0.000000278. The second-order valence-electron chi connectivity index (χ2n) is 7.20. The number of hydrogen-bond acceptors (Lipinski definition) is 13. The Kier molecular flexibility index (Phi) is 14.5. The Labute approximate surface area is 202 Å². The molecular formula is C22H32N2O11. The van der Waals surface area contributed by atoms with Gasteiger partial charge < -0.3 is 45.0 Å². The van der Waals surface area contributed by atoms with Crippen LogP contribution in [0, 0.1) is 11.8 Å². The maximum atomic E-state index is 11.3. The Hall–Kier alpha value is -3.42. The van der Waals surface area contributed by atoms with E-state index in [1.165, 1.54) is 6.92 Å². The van der Waals surface area contributed by atoms with Crippen molar-refractivity contribution in [1.29, 1.82) is 0 Å². The van der Waals surface area contributed by atoms with Gasteiger partial charge in [-0.05, 0) is 24.6 Å². The molecule has 196 valence electrons. The highest BCUT2D eigenvalue weighted by atomic mass is 16.7. The first-order valence-electron chi connectivity index (χ1n) is 10.8. The number of aliphatic hydroxyl groups is 1. The lowest BCUT2D eigenvalue weighted by molar-refractivity contribution is -0.156. The number of rotatable bonds is 8. The van der Waals surface area contributed by atoms with E-state index < -0.39 is 24.2 Å². The van der Waals surface area contributed by atoms with Crippen molar-refractivity contribution in [2.75, 3.05) is 58.6 Å². The number of Topliss-reactive ketones (excluding diaryl/α,β-unsaturated/α-hetero) is 1. The molecule has 0 unspecified atom stereocenters. The predicted octanol–water partition coefficient (Wildman–Crippen LogP) is 0.407. The monoisotopic (exact) mass is 500 g/mol. The lowest BCUT2D eigenvalue weighted by atomic mass is 10.1. The normalized spacial score (nSPS) is 15.5. The summed E-state index contributed by atoms with van der Waals surface area (Å²) in [6.45, 7) is 2.78. The van der Waals surface area contributed by atoms with Gasteiger partial charge in [0.15, 0.2) is 0 Å². The smallest absolute Gasteiger partial charge is 0.463 e. The molecule has 0 atom stereocenters. The van der Waals surface area contributed by atoms with Crippen LogP contribution in [0.4, 0.5) is 15.3 Å². The van der Waals surface area contributed by atoms with Crippen molar-refractivity contribution in [3.05, 3.63) is 29.8 Å². The Morgan fingerprint density at radius 1 is 0.914 bits per heavy atom. The molecule has 1 aromatic rings. The zero-order valence-corrected chi connectivity index (χ0v) is 19.5. The number of hydrogen-bond donors (Lipinski definition) is 3. The second-order valence-corrected chi connectivity index (χ2v) is 7.20. The van der Waals surface area contributed by atoms with Gasteiger partial charge in [-0.1, -0.05) is 12.1 Å². The molecule has 35 heavy (non-hydrogen) atoms.